The summed E-state index contributed by atoms with van der Waals surface area (Å²) in [5, 5.41) is 42.1. The molecule has 7 N–H and O–H groups in total. The zero-order valence-corrected chi connectivity index (χ0v) is 43.5. The average molecular weight is 1050 g/mol. The summed E-state index contributed by atoms with van der Waals surface area (Å²) >= 11 is 0. The van der Waals surface area contributed by atoms with Gasteiger partial charge in [0, 0.05) is 102 Å². The van der Waals surface area contributed by atoms with E-state index in [4.69, 9.17) is 14.2 Å². The Labute approximate surface area is 440 Å². The fraction of sp³-hybridized carbons (Fsp3) is 0.585. The van der Waals surface area contributed by atoms with Gasteiger partial charge < -0.3 is 40.4 Å². The molecule has 0 unspecified atom stereocenters. The number of nitrogens with zero attached hydrogens (tertiary/aromatic N) is 4. The number of rotatable bonds is 39. The second-order valence-corrected chi connectivity index (χ2v) is 17.7. The minimum atomic E-state index is -0.574. The molecule has 1 heterocycles. The number of hydroxylamine groups is 6. The molecule has 0 bridgehead atoms. The number of hydrogen-bond donors (Lipinski definition) is 7. The van der Waals surface area contributed by atoms with Crippen molar-refractivity contribution < 1.29 is 68.2 Å². The van der Waals surface area contributed by atoms with Crippen LogP contribution in [-0.4, -0.2) is 164 Å². The molecule has 0 fully saturated rings. The van der Waals surface area contributed by atoms with Crippen molar-refractivity contribution in [2.75, 3.05) is 90.4 Å². The Hall–Kier alpha value is -6.48. The molecule has 0 spiro atoms. The molecule has 0 aromatic heterocycles. The van der Waals surface area contributed by atoms with Gasteiger partial charge in [-0.1, -0.05) is 48.6 Å². The first kappa shape index (κ1) is 62.8. The van der Waals surface area contributed by atoms with Gasteiger partial charge in [-0.3, -0.25) is 54.0 Å². The molecule has 0 atom stereocenters. The number of nitrogens with one attached hydrogen (secondary N) is 4. The summed E-state index contributed by atoms with van der Waals surface area (Å²) in [6, 6.07) is 15.2. The van der Waals surface area contributed by atoms with E-state index >= 15 is 0 Å². The molecule has 75 heavy (non-hydrogen) atoms. The fourth-order valence-electron chi connectivity index (χ4n) is 7.37. The lowest BCUT2D eigenvalue weighted by atomic mass is 10.0. The average Bonchev–Trinajstić information content (AvgIpc) is 3.39. The van der Waals surface area contributed by atoms with E-state index in [0.717, 1.165) is 22.4 Å². The lowest BCUT2D eigenvalue weighted by Gasteiger charge is -2.26. The van der Waals surface area contributed by atoms with Gasteiger partial charge in [-0.05, 0) is 75.1 Å². The smallest absolute Gasteiger partial charge is 0.246 e. The second kappa shape index (κ2) is 38.1. The molecule has 8 amide bonds. The summed E-state index contributed by atoms with van der Waals surface area (Å²) < 4.78 is 16.5. The van der Waals surface area contributed by atoms with Crippen molar-refractivity contribution in [2.45, 2.75) is 116 Å². The third-order valence-electron chi connectivity index (χ3n) is 11.7. The zero-order valence-electron chi connectivity index (χ0n) is 43.5. The fourth-order valence-corrected chi connectivity index (χ4v) is 7.37. The Morgan fingerprint density at radius 1 is 0.480 bits per heavy atom. The van der Waals surface area contributed by atoms with Crippen LogP contribution < -0.4 is 26.2 Å². The minimum absolute atomic E-state index is 0.0452. The van der Waals surface area contributed by atoms with Crippen LogP contribution in [0.5, 0.6) is 0 Å². The highest BCUT2D eigenvalue weighted by molar-refractivity contribution is 5.97. The number of benzene rings is 2. The van der Waals surface area contributed by atoms with Gasteiger partial charge in [0.15, 0.2) is 0 Å². The number of ether oxygens (including phenoxy) is 3. The first-order valence-electron chi connectivity index (χ1n) is 26.0. The van der Waals surface area contributed by atoms with Crippen molar-refractivity contribution in [3.63, 3.8) is 0 Å². The van der Waals surface area contributed by atoms with E-state index < -0.39 is 17.7 Å². The standard InChI is InChI=1S/C53H78N8O14/c1-42(62)59(70)32-13-3-11-29-54-47(63)23-25-53(69)60(71)33-14-4-12-30-55-49(65)26-34-61(72)52(68)19-5-2-10-28-56-50(66)27-35-73-37-39-75-40-38-74-36-31-57-48(64)22-24-51(67)58-41-45-17-7-6-15-43(45)20-21-44-16-8-9-18-46(44)58/h6-9,15-18,70-72H,2-5,10-14,19,22-41H2,1H3,(H,54,63)(H,55,65)(H,56,66)(H,57,64). The van der Waals surface area contributed by atoms with Crippen molar-refractivity contribution in [2.24, 2.45) is 0 Å². The maximum Gasteiger partial charge on any atom is 0.246 e. The second-order valence-electron chi connectivity index (χ2n) is 17.7. The van der Waals surface area contributed by atoms with Crippen LogP contribution in [-0.2, 0) is 59.1 Å². The van der Waals surface area contributed by atoms with Crippen LogP contribution >= 0.6 is 0 Å². The van der Waals surface area contributed by atoms with Crippen molar-refractivity contribution in [1.29, 1.82) is 0 Å². The van der Waals surface area contributed by atoms with Gasteiger partial charge in [0.1, 0.15) is 0 Å². The Balaban J connectivity index is 1.05. The molecule has 22 nitrogen and oxygen atoms in total. The quantitative estimate of drug-likeness (QED) is 0.0219. The molecule has 2 aromatic rings. The van der Waals surface area contributed by atoms with Crippen LogP contribution in [0.4, 0.5) is 5.69 Å². The molecule has 2 aromatic carbocycles. The molecule has 1 aliphatic rings. The van der Waals surface area contributed by atoms with Crippen LogP contribution in [0.2, 0.25) is 0 Å². The van der Waals surface area contributed by atoms with E-state index in [2.05, 4.69) is 33.1 Å². The lowest BCUT2D eigenvalue weighted by molar-refractivity contribution is -0.166. The molecule has 414 valence electrons. The number of para-hydroxylation sites is 1. The predicted molar refractivity (Wildman–Crippen MR) is 275 cm³/mol. The highest BCUT2D eigenvalue weighted by Crippen LogP contribution is 2.26. The highest BCUT2D eigenvalue weighted by Gasteiger charge is 2.22. The Kier molecular flexibility index (Phi) is 31.9. The monoisotopic (exact) mass is 1050 g/mol. The molecule has 3 rings (SSSR count). The van der Waals surface area contributed by atoms with E-state index in [1.165, 1.54) is 6.92 Å². The molecular formula is C53H78N8O14. The number of anilines is 1. The molecule has 0 radical (unpaired) electrons. The SMILES string of the molecule is CC(=O)N(O)CCCCCNC(=O)CCC(=O)N(O)CCCCCNC(=O)CCN(O)C(=O)CCCCCNC(=O)CCOCCOCCOCCNC(=O)CCC(=O)N1Cc2ccccc2C#Cc2ccccc21. The van der Waals surface area contributed by atoms with E-state index in [-0.39, 0.29) is 107 Å². The van der Waals surface area contributed by atoms with Gasteiger partial charge in [0.2, 0.25) is 47.3 Å². The highest BCUT2D eigenvalue weighted by atomic mass is 16.5. The molecule has 0 saturated heterocycles. The minimum Gasteiger partial charge on any atom is -0.379 e. The van der Waals surface area contributed by atoms with Crippen molar-refractivity contribution >= 4 is 52.9 Å². The third kappa shape index (κ3) is 28.1. The molecule has 0 aliphatic carbocycles. The van der Waals surface area contributed by atoms with Gasteiger partial charge in [-0.25, -0.2) is 15.2 Å². The first-order chi connectivity index (χ1) is 36.2. The normalized spacial score (nSPS) is 11.4. The third-order valence-corrected chi connectivity index (χ3v) is 11.7. The lowest BCUT2D eigenvalue weighted by Crippen LogP contribution is -2.34. The topological polar surface area (TPSA) is 286 Å². The predicted octanol–water partition coefficient (Wildman–Crippen LogP) is 3.36. The van der Waals surface area contributed by atoms with Crippen molar-refractivity contribution in [3.8, 4) is 11.8 Å². The van der Waals surface area contributed by atoms with E-state index in [1.807, 2.05) is 48.5 Å². The Morgan fingerprint density at radius 2 is 0.960 bits per heavy atom. The molecule has 0 saturated carbocycles. The summed E-state index contributed by atoms with van der Waals surface area (Å²) in [5.74, 6) is 3.64. The maximum atomic E-state index is 13.3. The van der Waals surface area contributed by atoms with Gasteiger partial charge in [0.05, 0.1) is 58.4 Å². The summed E-state index contributed by atoms with van der Waals surface area (Å²) in [5.41, 5.74) is 3.30. The molecule has 1 aliphatic heterocycles. The first-order valence-corrected chi connectivity index (χ1v) is 26.0. The number of hydrogen-bond acceptors (Lipinski definition) is 14. The van der Waals surface area contributed by atoms with Crippen molar-refractivity contribution in [3.05, 3.63) is 65.2 Å². The summed E-state index contributed by atoms with van der Waals surface area (Å²) in [6.07, 6.45) is 5.46. The van der Waals surface area contributed by atoms with Gasteiger partial charge in [-0.15, -0.1) is 0 Å². The summed E-state index contributed by atoms with van der Waals surface area (Å²) in [7, 11) is 0. The van der Waals surface area contributed by atoms with Gasteiger partial charge >= 0.3 is 0 Å². The van der Waals surface area contributed by atoms with E-state index in [0.29, 0.717) is 132 Å². The number of fused-ring (bicyclic) bond motifs is 2. The van der Waals surface area contributed by atoms with Gasteiger partial charge in [-0.2, -0.15) is 0 Å². The van der Waals surface area contributed by atoms with Crippen LogP contribution in [0, 0.1) is 11.8 Å². The summed E-state index contributed by atoms with van der Waals surface area (Å²) in [6.45, 7) is 5.02. The molecular weight excluding hydrogens is 973 g/mol. The largest absolute Gasteiger partial charge is 0.379 e. The maximum absolute atomic E-state index is 13.3. The van der Waals surface area contributed by atoms with E-state index in [1.54, 1.807) is 4.90 Å². The Bertz CT molecular complexity index is 2170. The zero-order chi connectivity index (χ0) is 54.5. The number of unbranched alkanes of at least 4 members (excludes halogenated alkanes) is 6. The van der Waals surface area contributed by atoms with Crippen LogP contribution in [0.15, 0.2) is 48.5 Å². The number of carbonyl (C=O) groups excluding carboxylic acids is 8. The molecule has 22 heteroatoms. The summed E-state index contributed by atoms with van der Waals surface area (Å²) in [4.78, 5) is 99.2. The van der Waals surface area contributed by atoms with E-state index in [9.17, 15) is 54.0 Å². The van der Waals surface area contributed by atoms with Crippen LogP contribution in [0.25, 0.3) is 0 Å². The number of carbonyl (C=O) groups is 8. The van der Waals surface area contributed by atoms with Crippen LogP contribution in [0.1, 0.15) is 126 Å². The van der Waals surface area contributed by atoms with Gasteiger partial charge in [0.25, 0.3) is 0 Å². The van der Waals surface area contributed by atoms with Crippen molar-refractivity contribution in [1.82, 2.24) is 36.5 Å². The number of amides is 8. The Morgan fingerprint density at radius 3 is 1.61 bits per heavy atom. The van der Waals surface area contributed by atoms with Crippen LogP contribution in [0.3, 0.4) is 0 Å².